The van der Waals surface area contributed by atoms with Crippen molar-refractivity contribution in [2.24, 2.45) is 0 Å². The van der Waals surface area contributed by atoms with Crippen LogP contribution in [0.2, 0.25) is 0 Å². The van der Waals surface area contributed by atoms with Gasteiger partial charge in [-0.25, -0.2) is 4.98 Å². The molecule has 0 saturated carbocycles. The summed E-state index contributed by atoms with van der Waals surface area (Å²) in [5.41, 5.74) is 0. The molecule has 0 spiro atoms. The van der Waals surface area contributed by atoms with Gasteiger partial charge in [0.25, 0.3) is 0 Å². The van der Waals surface area contributed by atoms with Crippen molar-refractivity contribution in [3.8, 4) is 0 Å². The number of rotatable bonds is 4. The Labute approximate surface area is 117 Å². The number of aromatic amines is 1. The molecule has 4 nitrogen and oxygen atoms in total. The molecule has 1 aliphatic rings. The van der Waals surface area contributed by atoms with Crippen molar-refractivity contribution in [2.75, 3.05) is 13.1 Å². The molecule has 5 heteroatoms. The molecule has 2 aromatic heterocycles. The largest absolute Gasteiger partial charge is 0.298 e. The molecule has 1 unspecified atom stereocenters. The first-order valence-corrected chi connectivity index (χ1v) is 7.75. The molecule has 0 aromatic carbocycles. The van der Waals surface area contributed by atoms with E-state index in [4.69, 9.17) is 0 Å². The molecule has 1 fully saturated rings. The van der Waals surface area contributed by atoms with Crippen molar-refractivity contribution in [1.29, 1.82) is 0 Å². The highest BCUT2D eigenvalue weighted by Crippen LogP contribution is 2.27. The quantitative estimate of drug-likeness (QED) is 0.934. The average Bonchev–Trinajstić information content (AvgIpc) is 3.10. The van der Waals surface area contributed by atoms with Crippen LogP contribution in [0.4, 0.5) is 0 Å². The maximum Gasteiger partial charge on any atom is 0.155 e. The van der Waals surface area contributed by atoms with Crippen LogP contribution in [-0.4, -0.2) is 33.2 Å². The second kappa shape index (κ2) is 5.43. The van der Waals surface area contributed by atoms with Crippen molar-refractivity contribution in [2.45, 2.75) is 39.2 Å². The number of aryl methyl sites for hydroxylation is 2. The number of nitrogens with one attached hydrogen (secondary N) is 1. The van der Waals surface area contributed by atoms with Gasteiger partial charge in [-0.05, 0) is 38.4 Å². The van der Waals surface area contributed by atoms with Gasteiger partial charge in [0, 0.05) is 28.8 Å². The SMILES string of the molecule is CCc1ccc(CN2CCC(c3n[nH]c(C)n3)C2)s1. The summed E-state index contributed by atoms with van der Waals surface area (Å²) in [6.07, 6.45) is 2.31. The van der Waals surface area contributed by atoms with Crippen LogP contribution in [0.15, 0.2) is 12.1 Å². The molecule has 1 N–H and O–H groups in total. The molecule has 0 bridgehead atoms. The minimum Gasteiger partial charge on any atom is -0.298 e. The van der Waals surface area contributed by atoms with Crippen LogP contribution in [0.25, 0.3) is 0 Å². The molecule has 1 saturated heterocycles. The second-order valence-electron chi connectivity index (χ2n) is 5.22. The average molecular weight is 276 g/mol. The van der Waals surface area contributed by atoms with Gasteiger partial charge in [0.15, 0.2) is 5.82 Å². The predicted octanol–water partition coefficient (Wildman–Crippen LogP) is 2.73. The van der Waals surface area contributed by atoms with Crippen molar-refractivity contribution in [1.82, 2.24) is 20.1 Å². The minimum atomic E-state index is 0.496. The topological polar surface area (TPSA) is 44.8 Å². The second-order valence-corrected chi connectivity index (χ2v) is 6.47. The van der Waals surface area contributed by atoms with Gasteiger partial charge in [-0.15, -0.1) is 11.3 Å². The van der Waals surface area contributed by atoms with Crippen LogP contribution in [0, 0.1) is 6.92 Å². The van der Waals surface area contributed by atoms with E-state index in [1.165, 1.54) is 16.2 Å². The Kier molecular flexibility index (Phi) is 3.66. The summed E-state index contributed by atoms with van der Waals surface area (Å²) >= 11 is 1.94. The van der Waals surface area contributed by atoms with Gasteiger partial charge < -0.3 is 0 Å². The lowest BCUT2D eigenvalue weighted by molar-refractivity contribution is 0.329. The first kappa shape index (κ1) is 12.8. The standard InChI is InChI=1S/C14H20N4S/c1-3-12-4-5-13(19-12)9-18-7-6-11(8-18)14-15-10(2)16-17-14/h4-5,11H,3,6-9H2,1-2H3,(H,15,16,17). The van der Waals surface area contributed by atoms with Crippen LogP contribution in [-0.2, 0) is 13.0 Å². The Morgan fingerprint density at radius 3 is 2.95 bits per heavy atom. The number of hydrogen-bond acceptors (Lipinski definition) is 4. The van der Waals surface area contributed by atoms with Gasteiger partial charge in [-0.2, -0.15) is 5.10 Å². The maximum absolute atomic E-state index is 4.46. The predicted molar refractivity (Wildman–Crippen MR) is 77.5 cm³/mol. The van der Waals surface area contributed by atoms with Gasteiger partial charge >= 0.3 is 0 Å². The molecule has 102 valence electrons. The number of aromatic nitrogens is 3. The van der Waals surface area contributed by atoms with Crippen LogP contribution >= 0.6 is 11.3 Å². The smallest absolute Gasteiger partial charge is 0.155 e. The van der Waals surface area contributed by atoms with E-state index >= 15 is 0 Å². The highest BCUT2D eigenvalue weighted by Gasteiger charge is 2.26. The van der Waals surface area contributed by atoms with Crippen LogP contribution in [0.1, 0.15) is 40.7 Å². The maximum atomic E-state index is 4.46. The van der Waals surface area contributed by atoms with E-state index in [1.807, 2.05) is 18.3 Å². The Morgan fingerprint density at radius 2 is 2.26 bits per heavy atom. The lowest BCUT2D eigenvalue weighted by Crippen LogP contribution is -2.19. The molecule has 2 aromatic rings. The zero-order chi connectivity index (χ0) is 13.2. The summed E-state index contributed by atoms with van der Waals surface area (Å²) in [5.74, 6) is 2.40. The Bertz CT molecular complexity index is 545. The van der Waals surface area contributed by atoms with Crippen LogP contribution < -0.4 is 0 Å². The van der Waals surface area contributed by atoms with Gasteiger partial charge in [0.2, 0.25) is 0 Å². The molecular formula is C14H20N4S. The normalized spacial score (nSPS) is 20.2. The summed E-state index contributed by atoms with van der Waals surface area (Å²) in [5, 5.41) is 7.24. The van der Waals surface area contributed by atoms with Crippen molar-refractivity contribution < 1.29 is 0 Å². The minimum absolute atomic E-state index is 0.496. The van der Waals surface area contributed by atoms with E-state index < -0.39 is 0 Å². The van der Waals surface area contributed by atoms with E-state index in [1.54, 1.807) is 0 Å². The lowest BCUT2D eigenvalue weighted by atomic mass is 10.1. The van der Waals surface area contributed by atoms with Crippen LogP contribution in [0.5, 0.6) is 0 Å². The van der Waals surface area contributed by atoms with Gasteiger partial charge in [-0.3, -0.25) is 10.00 Å². The molecule has 3 heterocycles. The first-order valence-electron chi connectivity index (χ1n) is 6.93. The summed E-state index contributed by atoms with van der Waals surface area (Å²) in [4.78, 5) is 9.93. The number of nitrogens with zero attached hydrogens (tertiary/aromatic N) is 3. The van der Waals surface area contributed by atoms with E-state index in [9.17, 15) is 0 Å². The zero-order valence-corrected chi connectivity index (χ0v) is 12.3. The number of H-pyrrole nitrogens is 1. The van der Waals surface area contributed by atoms with E-state index in [0.29, 0.717) is 5.92 Å². The molecular weight excluding hydrogens is 256 g/mol. The molecule has 0 amide bonds. The molecule has 19 heavy (non-hydrogen) atoms. The first-order chi connectivity index (χ1) is 9.24. The summed E-state index contributed by atoms with van der Waals surface area (Å²) in [6.45, 7) is 7.48. The molecule has 0 radical (unpaired) electrons. The van der Waals surface area contributed by atoms with Crippen molar-refractivity contribution in [3.63, 3.8) is 0 Å². The summed E-state index contributed by atoms with van der Waals surface area (Å²) < 4.78 is 0. The van der Waals surface area contributed by atoms with E-state index in [-0.39, 0.29) is 0 Å². The third-order valence-electron chi connectivity index (χ3n) is 3.70. The van der Waals surface area contributed by atoms with Gasteiger partial charge in [0.1, 0.15) is 5.82 Å². The van der Waals surface area contributed by atoms with E-state index in [2.05, 4.69) is 39.1 Å². The fourth-order valence-corrected chi connectivity index (χ4v) is 3.65. The summed E-state index contributed by atoms with van der Waals surface area (Å²) in [7, 11) is 0. The monoisotopic (exact) mass is 276 g/mol. The fraction of sp³-hybridized carbons (Fsp3) is 0.571. The van der Waals surface area contributed by atoms with Gasteiger partial charge in [0.05, 0.1) is 0 Å². The summed E-state index contributed by atoms with van der Waals surface area (Å²) in [6, 6.07) is 4.53. The number of hydrogen-bond donors (Lipinski definition) is 1. The highest BCUT2D eigenvalue weighted by molar-refractivity contribution is 7.11. The Hall–Kier alpha value is -1.20. The molecule has 3 rings (SSSR count). The molecule has 1 atom stereocenters. The fourth-order valence-electron chi connectivity index (χ4n) is 2.65. The third kappa shape index (κ3) is 2.87. The zero-order valence-electron chi connectivity index (χ0n) is 11.5. The Balaban J connectivity index is 1.59. The highest BCUT2D eigenvalue weighted by atomic mass is 32.1. The molecule has 0 aliphatic carbocycles. The third-order valence-corrected chi connectivity index (χ3v) is 4.91. The van der Waals surface area contributed by atoms with Crippen molar-refractivity contribution in [3.05, 3.63) is 33.5 Å². The lowest BCUT2D eigenvalue weighted by Gasteiger charge is -2.13. The van der Waals surface area contributed by atoms with Crippen LogP contribution in [0.3, 0.4) is 0 Å². The van der Waals surface area contributed by atoms with Crippen molar-refractivity contribution >= 4 is 11.3 Å². The number of thiophene rings is 1. The van der Waals surface area contributed by atoms with E-state index in [0.717, 1.165) is 37.7 Å². The molecule has 1 aliphatic heterocycles. The van der Waals surface area contributed by atoms with Gasteiger partial charge in [-0.1, -0.05) is 6.92 Å². The Morgan fingerprint density at radius 1 is 1.42 bits per heavy atom. The number of likely N-dealkylation sites (tertiary alicyclic amines) is 1.